The van der Waals surface area contributed by atoms with Gasteiger partial charge in [0.25, 0.3) is 5.56 Å². The van der Waals surface area contributed by atoms with E-state index in [-0.39, 0.29) is 11.1 Å². The van der Waals surface area contributed by atoms with Crippen molar-refractivity contribution in [2.75, 3.05) is 14.2 Å². The molecule has 2 aromatic rings. The number of hydrogen-bond acceptors (Lipinski definition) is 4. The summed E-state index contributed by atoms with van der Waals surface area (Å²) in [4.78, 5) is 22.8. The van der Waals surface area contributed by atoms with E-state index in [1.54, 1.807) is 19.2 Å². The fourth-order valence-electron chi connectivity index (χ4n) is 1.99. The Bertz CT molecular complexity index is 673. The van der Waals surface area contributed by atoms with E-state index in [9.17, 15) is 9.59 Å². The molecule has 1 heterocycles. The molecule has 18 heavy (non-hydrogen) atoms. The Morgan fingerprint density at radius 1 is 1.17 bits per heavy atom. The third kappa shape index (κ3) is 1.64. The molecule has 5 nitrogen and oxygen atoms in total. The normalized spacial score (nSPS) is 10.4. The molecule has 0 saturated heterocycles. The molecule has 0 unspecified atom stereocenters. The number of pyridine rings is 1. The van der Waals surface area contributed by atoms with Crippen LogP contribution in [0.2, 0.25) is 0 Å². The van der Waals surface area contributed by atoms with Crippen LogP contribution in [0.1, 0.15) is 10.4 Å². The molecule has 94 valence electrons. The van der Waals surface area contributed by atoms with Gasteiger partial charge in [-0.05, 0) is 18.2 Å². The predicted octanol–water partition coefficient (Wildman–Crippen LogP) is 1.37. The summed E-state index contributed by atoms with van der Waals surface area (Å²) in [6.07, 6.45) is 0.542. The smallest absolute Gasteiger partial charge is 0.261 e. The zero-order chi connectivity index (χ0) is 13.3. The summed E-state index contributed by atoms with van der Waals surface area (Å²) in [6, 6.07) is 4.98. The molecule has 0 bridgehead atoms. The number of hydrogen-bond donors (Lipinski definition) is 0. The minimum Gasteiger partial charge on any atom is -0.496 e. The van der Waals surface area contributed by atoms with E-state index < -0.39 is 0 Å². The molecule has 0 fully saturated rings. The first-order valence-corrected chi connectivity index (χ1v) is 5.34. The number of aryl methyl sites for hydroxylation is 1. The van der Waals surface area contributed by atoms with Gasteiger partial charge in [-0.25, -0.2) is 0 Å². The Labute approximate surface area is 104 Å². The second-order valence-electron chi connectivity index (χ2n) is 3.81. The summed E-state index contributed by atoms with van der Waals surface area (Å²) in [5.74, 6) is 1.15. The summed E-state index contributed by atoms with van der Waals surface area (Å²) >= 11 is 0. The number of fused-ring (bicyclic) bond motifs is 1. The van der Waals surface area contributed by atoms with Crippen molar-refractivity contribution in [3.63, 3.8) is 0 Å². The van der Waals surface area contributed by atoms with Gasteiger partial charge in [0.2, 0.25) is 0 Å². The number of methoxy groups -OCH3 is 2. The van der Waals surface area contributed by atoms with Gasteiger partial charge in [-0.3, -0.25) is 9.59 Å². The monoisotopic (exact) mass is 247 g/mol. The maximum absolute atomic E-state index is 11.9. The zero-order valence-corrected chi connectivity index (χ0v) is 10.4. The van der Waals surface area contributed by atoms with Crippen LogP contribution in [-0.4, -0.2) is 25.1 Å². The number of nitrogens with zero attached hydrogens (tertiary/aromatic N) is 1. The van der Waals surface area contributed by atoms with Crippen LogP contribution < -0.4 is 15.0 Å². The van der Waals surface area contributed by atoms with Crippen LogP contribution in [-0.2, 0) is 7.05 Å². The first kappa shape index (κ1) is 12.2. The van der Waals surface area contributed by atoms with Gasteiger partial charge in [0.05, 0.1) is 25.3 Å². The third-order valence-corrected chi connectivity index (χ3v) is 2.89. The van der Waals surface area contributed by atoms with Gasteiger partial charge in [-0.1, -0.05) is 0 Å². The molecular weight excluding hydrogens is 234 g/mol. The topological polar surface area (TPSA) is 57.5 Å². The van der Waals surface area contributed by atoms with E-state index in [0.29, 0.717) is 28.7 Å². The summed E-state index contributed by atoms with van der Waals surface area (Å²) in [7, 11) is 4.66. The molecule has 0 amide bonds. The Morgan fingerprint density at radius 2 is 1.78 bits per heavy atom. The lowest BCUT2D eigenvalue weighted by Gasteiger charge is -2.13. The van der Waals surface area contributed by atoms with E-state index in [2.05, 4.69) is 0 Å². The Morgan fingerprint density at radius 3 is 2.33 bits per heavy atom. The van der Waals surface area contributed by atoms with Gasteiger partial charge in [-0.15, -0.1) is 0 Å². The highest BCUT2D eigenvalue weighted by molar-refractivity contribution is 5.94. The molecular formula is C13H13NO4. The summed E-state index contributed by atoms with van der Waals surface area (Å²) in [6.45, 7) is 0. The van der Waals surface area contributed by atoms with Crippen LogP contribution in [0.5, 0.6) is 11.5 Å². The standard InChI is InChI=1S/C13H13NO4/c1-14-12-9(6-8(7-15)13(14)16)10(17-2)4-5-11(12)18-3/h4-7H,1-3H3. The predicted molar refractivity (Wildman–Crippen MR) is 67.7 cm³/mol. The number of aldehydes is 1. The molecule has 2 rings (SSSR count). The van der Waals surface area contributed by atoms with E-state index in [1.165, 1.54) is 24.9 Å². The zero-order valence-electron chi connectivity index (χ0n) is 10.4. The first-order chi connectivity index (χ1) is 8.63. The van der Waals surface area contributed by atoms with Crippen LogP contribution in [0.25, 0.3) is 10.9 Å². The Kier molecular flexibility index (Phi) is 3.06. The van der Waals surface area contributed by atoms with Crippen molar-refractivity contribution in [2.45, 2.75) is 0 Å². The Hall–Kier alpha value is -2.30. The largest absolute Gasteiger partial charge is 0.496 e. The number of benzene rings is 1. The minimum atomic E-state index is -0.357. The second-order valence-corrected chi connectivity index (χ2v) is 3.81. The van der Waals surface area contributed by atoms with Crippen molar-refractivity contribution in [1.29, 1.82) is 0 Å². The first-order valence-electron chi connectivity index (χ1n) is 5.34. The molecule has 1 aromatic heterocycles. The number of carbonyl (C=O) groups is 1. The van der Waals surface area contributed by atoms with Crippen LogP contribution in [0, 0.1) is 0 Å². The highest BCUT2D eigenvalue weighted by Gasteiger charge is 2.13. The Balaban J connectivity index is 3.02. The maximum Gasteiger partial charge on any atom is 0.261 e. The van der Waals surface area contributed by atoms with E-state index in [1.807, 2.05) is 0 Å². The van der Waals surface area contributed by atoms with Gasteiger partial charge >= 0.3 is 0 Å². The van der Waals surface area contributed by atoms with Crippen LogP contribution in [0.4, 0.5) is 0 Å². The maximum atomic E-state index is 11.9. The molecule has 0 spiro atoms. The highest BCUT2D eigenvalue weighted by atomic mass is 16.5. The summed E-state index contributed by atoms with van der Waals surface area (Å²) in [5, 5.41) is 0.668. The molecule has 0 aliphatic heterocycles. The summed E-state index contributed by atoms with van der Waals surface area (Å²) < 4.78 is 11.9. The fourth-order valence-corrected chi connectivity index (χ4v) is 1.99. The van der Waals surface area contributed by atoms with Crippen molar-refractivity contribution in [3.05, 3.63) is 34.1 Å². The quantitative estimate of drug-likeness (QED) is 0.769. The van der Waals surface area contributed by atoms with Gasteiger partial charge in [0, 0.05) is 12.4 Å². The highest BCUT2D eigenvalue weighted by Crippen LogP contribution is 2.31. The van der Waals surface area contributed by atoms with Crippen molar-refractivity contribution in [1.82, 2.24) is 4.57 Å². The van der Waals surface area contributed by atoms with Crippen LogP contribution in [0.15, 0.2) is 23.0 Å². The molecule has 0 N–H and O–H groups in total. The minimum absolute atomic E-state index is 0.0940. The van der Waals surface area contributed by atoms with Gasteiger partial charge in [-0.2, -0.15) is 0 Å². The van der Waals surface area contributed by atoms with Crippen molar-refractivity contribution < 1.29 is 14.3 Å². The van der Waals surface area contributed by atoms with Gasteiger partial charge in [0.15, 0.2) is 6.29 Å². The lowest BCUT2D eigenvalue weighted by Crippen LogP contribution is -2.21. The van der Waals surface area contributed by atoms with Crippen LogP contribution >= 0.6 is 0 Å². The molecule has 0 aliphatic rings. The van der Waals surface area contributed by atoms with Gasteiger partial charge < -0.3 is 14.0 Å². The number of rotatable bonds is 3. The SMILES string of the molecule is COc1ccc(OC)c2c1cc(C=O)c(=O)n2C. The number of ether oxygens (including phenoxy) is 2. The van der Waals surface area contributed by atoms with Gasteiger partial charge in [0.1, 0.15) is 11.5 Å². The lowest BCUT2D eigenvalue weighted by molar-refractivity contribution is 0.112. The van der Waals surface area contributed by atoms with Crippen molar-refractivity contribution >= 4 is 17.2 Å². The third-order valence-electron chi connectivity index (χ3n) is 2.89. The second kappa shape index (κ2) is 4.52. The lowest BCUT2D eigenvalue weighted by atomic mass is 10.1. The average Bonchev–Trinajstić information content (AvgIpc) is 2.41. The van der Waals surface area contributed by atoms with E-state index in [0.717, 1.165) is 0 Å². The van der Waals surface area contributed by atoms with Crippen molar-refractivity contribution in [3.8, 4) is 11.5 Å². The molecule has 0 aliphatic carbocycles. The molecule has 5 heteroatoms. The van der Waals surface area contributed by atoms with Crippen molar-refractivity contribution in [2.24, 2.45) is 7.05 Å². The summed E-state index contributed by atoms with van der Waals surface area (Å²) in [5.41, 5.74) is 0.341. The fraction of sp³-hybridized carbons (Fsp3) is 0.231. The molecule has 0 atom stereocenters. The number of aromatic nitrogens is 1. The van der Waals surface area contributed by atoms with E-state index >= 15 is 0 Å². The molecule has 1 aromatic carbocycles. The number of carbonyl (C=O) groups excluding carboxylic acids is 1. The van der Waals surface area contributed by atoms with Crippen LogP contribution in [0.3, 0.4) is 0 Å². The van der Waals surface area contributed by atoms with E-state index in [4.69, 9.17) is 9.47 Å². The average molecular weight is 247 g/mol. The molecule has 0 saturated carbocycles. The molecule has 0 radical (unpaired) electrons.